The molecule has 0 heterocycles. The van der Waals surface area contributed by atoms with Crippen LogP contribution >= 0.6 is 144 Å². The van der Waals surface area contributed by atoms with Gasteiger partial charge in [-0.15, -0.1) is 144 Å². The molecule has 0 fully saturated rings. The maximum Gasteiger partial charge on any atom is 0.357 e. The Morgan fingerprint density at radius 3 is 0.947 bits per heavy atom. The summed E-state index contributed by atoms with van der Waals surface area (Å²) in [6.45, 7) is 0. The third-order valence-electron chi connectivity index (χ3n) is 1.68. The third kappa shape index (κ3) is 14.9. The highest BCUT2D eigenvalue weighted by molar-refractivity contribution is 14.0. The van der Waals surface area contributed by atoms with E-state index in [4.69, 9.17) is 0 Å². The summed E-state index contributed by atoms with van der Waals surface area (Å²) in [7, 11) is 0. The monoisotopic (exact) mass is 1050 g/mol. The van der Waals surface area contributed by atoms with E-state index >= 15 is 0 Å². The molecule has 0 aliphatic carbocycles. The molecular weight excluding hydrogens is 1030 g/mol. The first-order valence-electron chi connectivity index (χ1n) is 4.20. The van der Waals surface area contributed by atoms with Crippen molar-refractivity contribution in [3.05, 3.63) is 67.8 Å². The average molecular weight is 1050 g/mol. The van der Waals surface area contributed by atoms with E-state index in [2.05, 4.69) is 60.7 Å². The lowest BCUT2D eigenvalue weighted by atomic mass is 10.4. The molecule has 0 aliphatic rings. The summed E-state index contributed by atoms with van der Waals surface area (Å²) in [6, 6.07) is 21.4. The van der Waals surface area contributed by atoms with E-state index in [-0.39, 0.29) is 165 Å². The van der Waals surface area contributed by atoms with E-state index in [0.717, 1.165) is 0 Å². The SMILES string of the molecule is I.I.I.I.I.I.c1ccc([I+]c2ccccc2)cc1. The first kappa shape index (κ1) is 34.0. The van der Waals surface area contributed by atoms with Gasteiger partial charge >= 0.3 is 21.2 Å². The minimum atomic E-state index is 0. The maximum atomic E-state index is 2.21. The standard InChI is InChI=1S/C12H10I.6HI/c1-3-7-11(8-4-1)13-12-9-5-2-6-10-12;;;;;;/h1-10H;6*1H/q+1;;;;;;. The molecule has 0 saturated carbocycles. The Labute approximate surface area is 228 Å². The maximum absolute atomic E-state index is 2.21. The van der Waals surface area contributed by atoms with E-state index in [9.17, 15) is 0 Å². The molecule has 0 radical (unpaired) electrons. The van der Waals surface area contributed by atoms with Crippen LogP contribution in [0.4, 0.5) is 0 Å². The lowest BCUT2D eigenvalue weighted by Gasteiger charge is -1.84. The zero-order chi connectivity index (χ0) is 8.93. The van der Waals surface area contributed by atoms with Crippen molar-refractivity contribution in [3.63, 3.8) is 0 Å². The van der Waals surface area contributed by atoms with Crippen LogP contribution in [0.3, 0.4) is 0 Å². The summed E-state index contributed by atoms with van der Waals surface area (Å²) in [5.41, 5.74) is 0. The van der Waals surface area contributed by atoms with Crippen molar-refractivity contribution in [2.24, 2.45) is 0 Å². The second kappa shape index (κ2) is 21.6. The fourth-order valence-corrected chi connectivity index (χ4v) is 3.35. The second-order valence-corrected chi connectivity index (χ2v) is 5.72. The van der Waals surface area contributed by atoms with Gasteiger partial charge in [-0.3, -0.25) is 0 Å². The summed E-state index contributed by atoms with van der Waals surface area (Å²) in [4.78, 5) is 0. The molecule has 7 heteroatoms. The van der Waals surface area contributed by atoms with Gasteiger partial charge in [0.15, 0.2) is 7.14 Å². The lowest BCUT2D eigenvalue weighted by Crippen LogP contribution is -3.61. The number of halogens is 7. The molecule has 0 aliphatic heterocycles. The summed E-state index contributed by atoms with van der Waals surface area (Å²) in [5, 5.41) is 0. The largest absolute Gasteiger partial charge is 0.357 e. The van der Waals surface area contributed by atoms with Crippen molar-refractivity contribution < 1.29 is 21.2 Å². The molecule has 0 aromatic heterocycles. The van der Waals surface area contributed by atoms with E-state index in [1.807, 2.05) is 0 Å². The topological polar surface area (TPSA) is 0 Å². The highest BCUT2D eigenvalue weighted by Gasteiger charge is 2.12. The predicted octanol–water partition coefficient (Wildman–Crippen LogP) is 3.52. The average Bonchev–Trinajstić information content (AvgIpc) is 2.21. The van der Waals surface area contributed by atoms with Gasteiger partial charge in [-0.2, -0.15) is 0 Å². The van der Waals surface area contributed by atoms with Crippen LogP contribution in [0.2, 0.25) is 0 Å². The molecule has 2 aromatic rings. The molecule has 0 amide bonds. The van der Waals surface area contributed by atoms with E-state index in [1.165, 1.54) is 7.14 Å². The Bertz CT molecular complexity index is 329. The van der Waals surface area contributed by atoms with Gasteiger partial charge in [-0.05, 0) is 24.3 Å². The Balaban J connectivity index is -0.000000109. The van der Waals surface area contributed by atoms with E-state index < -0.39 is 0 Å². The van der Waals surface area contributed by atoms with Crippen LogP contribution in [0.15, 0.2) is 60.7 Å². The van der Waals surface area contributed by atoms with Crippen LogP contribution in [0, 0.1) is 7.14 Å². The minimum absolute atomic E-state index is 0. The van der Waals surface area contributed by atoms with Gasteiger partial charge in [0, 0.05) is 0 Å². The smallest absolute Gasteiger partial charge is 0.107 e. The third-order valence-corrected chi connectivity index (χ3v) is 4.37. The number of hydrogen-bond donors (Lipinski definition) is 0. The molecule has 0 bridgehead atoms. The van der Waals surface area contributed by atoms with E-state index in [1.54, 1.807) is 0 Å². The van der Waals surface area contributed by atoms with Crippen molar-refractivity contribution in [2.75, 3.05) is 0 Å². The summed E-state index contributed by atoms with van der Waals surface area (Å²) in [6.07, 6.45) is 0. The second-order valence-electron chi connectivity index (χ2n) is 2.69. The summed E-state index contributed by atoms with van der Waals surface area (Å²) < 4.78 is 2.96. The van der Waals surface area contributed by atoms with E-state index in [0.29, 0.717) is 0 Å². The Morgan fingerprint density at radius 1 is 0.421 bits per heavy atom. The van der Waals surface area contributed by atoms with Crippen molar-refractivity contribution in [2.45, 2.75) is 0 Å². The number of benzene rings is 2. The molecule has 0 saturated heterocycles. The van der Waals surface area contributed by atoms with Gasteiger partial charge in [0.1, 0.15) is 0 Å². The zero-order valence-electron chi connectivity index (χ0n) is 9.60. The molecule has 0 nitrogen and oxygen atoms in total. The van der Waals surface area contributed by atoms with Crippen molar-refractivity contribution >= 4 is 144 Å². The fourth-order valence-electron chi connectivity index (χ4n) is 1.08. The van der Waals surface area contributed by atoms with Crippen LogP contribution in [-0.4, -0.2) is 0 Å². The molecule has 19 heavy (non-hydrogen) atoms. The van der Waals surface area contributed by atoms with Crippen molar-refractivity contribution in [1.82, 2.24) is 0 Å². The van der Waals surface area contributed by atoms with Gasteiger partial charge < -0.3 is 0 Å². The molecule has 0 N–H and O–H groups in total. The quantitative estimate of drug-likeness (QED) is 0.405. The van der Waals surface area contributed by atoms with Crippen molar-refractivity contribution in [1.29, 1.82) is 0 Å². The van der Waals surface area contributed by atoms with Crippen LogP contribution in [0.5, 0.6) is 0 Å². The van der Waals surface area contributed by atoms with Crippen LogP contribution < -0.4 is 21.2 Å². The molecule has 0 atom stereocenters. The van der Waals surface area contributed by atoms with Gasteiger partial charge in [-0.1, -0.05) is 36.4 Å². The van der Waals surface area contributed by atoms with Crippen LogP contribution in [0.25, 0.3) is 0 Å². The van der Waals surface area contributed by atoms with Gasteiger partial charge in [-0.25, -0.2) is 0 Å². The first-order chi connectivity index (χ1) is 6.45. The zero-order valence-corrected chi connectivity index (χ0v) is 25.7. The van der Waals surface area contributed by atoms with Crippen LogP contribution in [0.1, 0.15) is 0 Å². The molecule has 0 spiro atoms. The molecule has 112 valence electrons. The lowest BCUT2D eigenvalue weighted by molar-refractivity contribution is -0.597. The predicted molar refractivity (Wildman–Crippen MR) is 143 cm³/mol. The normalized spacial score (nSPS) is 6.74. The summed E-state index contributed by atoms with van der Waals surface area (Å²) in [5.74, 6) is 0. The van der Waals surface area contributed by atoms with Gasteiger partial charge in [0.2, 0.25) is 0 Å². The molecule has 2 rings (SSSR count). The minimum Gasteiger partial charge on any atom is -0.107 e. The fraction of sp³-hybridized carbons (Fsp3) is 0. The Kier molecular flexibility index (Phi) is 38.6. The Morgan fingerprint density at radius 2 is 0.684 bits per heavy atom. The number of hydrogen-bond acceptors (Lipinski definition) is 0. The van der Waals surface area contributed by atoms with Crippen molar-refractivity contribution in [3.8, 4) is 0 Å². The summed E-state index contributed by atoms with van der Waals surface area (Å²) >= 11 is 0.0287. The highest BCUT2D eigenvalue weighted by atomic mass is 127. The molecular formula is C12H16I7+. The van der Waals surface area contributed by atoms with Gasteiger partial charge in [0.25, 0.3) is 0 Å². The highest BCUT2D eigenvalue weighted by Crippen LogP contribution is 1.85. The molecule has 2 aromatic carbocycles. The van der Waals surface area contributed by atoms with Crippen LogP contribution in [-0.2, 0) is 0 Å². The van der Waals surface area contributed by atoms with Gasteiger partial charge in [0.05, 0.1) is 0 Å². The molecule has 0 unspecified atom stereocenters. The first-order valence-corrected chi connectivity index (χ1v) is 6.36. The Hall–Kier alpha value is 3.55. The number of rotatable bonds is 2.